The SMILES string of the molecule is O=c1cc(OCc2ncccc2F)cc[nH]1. The Balaban J connectivity index is 2.08. The second-order valence-electron chi connectivity index (χ2n) is 3.11. The number of rotatable bonds is 3. The van der Waals surface area contributed by atoms with Gasteiger partial charge in [0.2, 0.25) is 0 Å². The predicted octanol–water partition coefficient (Wildman–Crippen LogP) is 1.49. The van der Waals surface area contributed by atoms with E-state index >= 15 is 0 Å². The Morgan fingerprint density at radius 2 is 2.31 bits per heavy atom. The maximum Gasteiger partial charge on any atom is 0.251 e. The summed E-state index contributed by atoms with van der Waals surface area (Å²) in [7, 11) is 0. The highest BCUT2D eigenvalue weighted by atomic mass is 19.1. The van der Waals surface area contributed by atoms with Crippen LogP contribution in [0.15, 0.2) is 41.5 Å². The molecule has 2 aromatic heterocycles. The van der Waals surface area contributed by atoms with Crippen LogP contribution in [0.25, 0.3) is 0 Å². The molecule has 1 N–H and O–H groups in total. The smallest absolute Gasteiger partial charge is 0.251 e. The maximum absolute atomic E-state index is 13.2. The second-order valence-corrected chi connectivity index (χ2v) is 3.11. The minimum absolute atomic E-state index is 0.00384. The highest BCUT2D eigenvalue weighted by molar-refractivity contribution is 5.17. The van der Waals surface area contributed by atoms with Gasteiger partial charge in [-0.2, -0.15) is 0 Å². The normalized spacial score (nSPS) is 10.1. The van der Waals surface area contributed by atoms with Crippen LogP contribution in [0.4, 0.5) is 4.39 Å². The van der Waals surface area contributed by atoms with Gasteiger partial charge in [-0.15, -0.1) is 0 Å². The van der Waals surface area contributed by atoms with Gasteiger partial charge in [0.15, 0.2) is 0 Å². The van der Waals surface area contributed by atoms with Gasteiger partial charge >= 0.3 is 0 Å². The molecule has 5 heteroatoms. The van der Waals surface area contributed by atoms with E-state index in [2.05, 4.69) is 9.97 Å². The average molecular weight is 220 g/mol. The van der Waals surface area contributed by atoms with Crippen molar-refractivity contribution in [1.29, 1.82) is 0 Å². The summed E-state index contributed by atoms with van der Waals surface area (Å²) in [4.78, 5) is 17.2. The molecule has 0 saturated heterocycles. The first-order valence-electron chi connectivity index (χ1n) is 4.66. The average Bonchev–Trinajstić information content (AvgIpc) is 2.28. The van der Waals surface area contributed by atoms with Crippen LogP contribution < -0.4 is 10.3 Å². The summed E-state index contributed by atoms with van der Waals surface area (Å²) in [5, 5.41) is 0. The van der Waals surface area contributed by atoms with E-state index in [0.717, 1.165) is 0 Å². The van der Waals surface area contributed by atoms with Crippen LogP contribution in [-0.4, -0.2) is 9.97 Å². The summed E-state index contributed by atoms with van der Waals surface area (Å²) in [5.74, 6) is -0.0406. The van der Waals surface area contributed by atoms with Crippen LogP contribution >= 0.6 is 0 Å². The first-order chi connectivity index (χ1) is 7.75. The molecule has 0 saturated carbocycles. The topological polar surface area (TPSA) is 55.0 Å². The maximum atomic E-state index is 13.2. The third-order valence-electron chi connectivity index (χ3n) is 1.96. The highest BCUT2D eigenvalue weighted by Gasteiger charge is 2.03. The van der Waals surface area contributed by atoms with Gasteiger partial charge in [0.1, 0.15) is 23.9 Å². The summed E-state index contributed by atoms with van der Waals surface area (Å²) >= 11 is 0. The van der Waals surface area contributed by atoms with Gasteiger partial charge in [-0.05, 0) is 18.2 Å². The van der Waals surface area contributed by atoms with E-state index in [1.807, 2.05) is 0 Å². The first-order valence-corrected chi connectivity index (χ1v) is 4.66. The number of hydrogen-bond acceptors (Lipinski definition) is 3. The minimum Gasteiger partial charge on any atom is -0.487 e. The lowest BCUT2D eigenvalue weighted by molar-refractivity contribution is 0.293. The van der Waals surface area contributed by atoms with Crippen molar-refractivity contribution >= 4 is 0 Å². The number of pyridine rings is 2. The van der Waals surface area contributed by atoms with Crippen molar-refractivity contribution in [3.63, 3.8) is 0 Å². The van der Waals surface area contributed by atoms with Crippen LogP contribution in [-0.2, 0) is 6.61 Å². The zero-order chi connectivity index (χ0) is 11.4. The Labute approximate surface area is 90.7 Å². The molecule has 2 rings (SSSR count). The van der Waals surface area contributed by atoms with Crippen molar-refractivity contribution < 1.29 is 9.13 Å². The number of ether oxygens (including phenoxy) is 1. The molecule has 0 bridgehead atoms. The van der Waals surface area contributed by atoms with Gasteiger partial charge in [0.05, 0.1) is 0 Å². The Kier molecular flexibility index (Phi) is 2.95. The molecule has 0 spiro atoms. The van der Waals surface area contributed by atoms with Crippen molar-refractivity contribution in [3.8, 4) is 5.75 Å². The number of nitrogens with zero attached hydrogens (tertiary/aromatic N) is 1. The van der Waals surface area contributed by atoms with E-state index in [1.54, 1.807) is 6.07 Å². The highest BCUT2D eigenvalue weighted by Crippen LogP contribution is 2.09. The fourth-order valence-electron chi connectivity index (χ4n) is 1.19. The number of hydrogen-bond donors (Lipinski definition) is 1. The standard InChI is InChI=1S/C11H9FN2O2/c12-9-2-1-4-13-10(9)7-16-8-3-5-14-11(15)6-8/h1-6H,7H2,(H,14,15). The fraction of sp³-hybridized carbons (Fsp3) is 0.0909. The molecule has 4 nitrogen and oxygen atoms in total. The second kappa shape index (κ2) is 4.57. The zero-order valence-electron chi connectivity index (χ0n) is 8.31. The van der Waals surface area contributed by atoms with Gasteiger partial charge in [0.25, 0.3) is 5.56 Å². The van der Waals surface area contributed by atoms with Crippen LogP contribution in [0, 0.1) is 5.82 Å². The number of aromatic nitrogens is 2. The van der Waals surface area contributed by atoms with E-state index in [1.165, 1.54) is 30.6 Å². The number of aromatic amines is 1. The van der Waals surface area contributed by atoms with Crippen molar-refractivity contribution in [1.82, 2.24) is 9.97 Å². The summed E-state index contributed by atoms with van der Waals surface area (Å²) < 4.78 is 18.4. The first kappa shape index (κ1) is 10.4. The molecule has 0 aliphatic carbocycles. The molecule has 0 radical (unpaired) electrons. The van der Waals surface area contributed by atoms with E-state index in [0.29, 0.717) is 5.75 Å². The van der Waals surface area contributed by atoms with E-state index in [9.17, 15) is 9.18 Å². The monoisotopic (exact) mass is 220 g/mol. The number of nitrogens with one attached hydrogen (secondary N) is 1. The largest absolute Gasteiger partial charge is 0.487 e. The van der Waals surface area contributed by atoms with Crippen molar-refractivity contribution in [2.24, 2.45) is 0 Å². The lowest BCUT2D eigenvalue weighted by Gasteiger charge is -2.05. The molecule has 16 heavy (non-hydrogen) atoms. The Bertz CT molecular complexity index is 539. The molecule has 0 aliphatic heterocycles. The van der Waals surface area contributed by atoms with E-state index in [-0.39, 0.29) is 17.9 Å². The molecule has 0 unspecified atom stereocenters. The van der Waals surface area contributed by atoms with Gasteiger partial charge < -0.3 is 9.72 Å². The Morgan fingerprint density at radius 3 is 3.06 bits per heavy atom. The van der Waals surface area contributed by atoms with Crippen LogP contribution in [0.2, 0.25) is 0 Å². The van der Waals surface area contributed by atoms with Crippen LogP contribution in [0.5, 0.6) is 5.75 Å². The molecule has 2 heterocycles. The third kappa shape index (κ3) is 2.44. The van der Waals surface area contributed by atoms with Gasteiger partial charge in [-0.3, -0.25) is 9.78 Å². The molecule has 0 amide bonds. The predicted molar refractivity (Wildman–Crippen MR) is 55.6 cm³/mol. The van der Waals surface area contributed by atoms with Gasteiger partial charge in [-0.25, -0.2) is 4.39 Å². The lowest BCUT2D eigenvalue weighted by Crippen LogP contribution is -2.06. The molecule has 0 aliphatic rings. The van der Waals surface area contributed by atoms with Crippen molar-refractivity contribution in [3.05, 3.63) is 58.5 Å². The molecule has 0 aromatic carbocycles. The minimum atomic E-state index is -0.424. The molecule has 2 aromatic rings. The fourth-order valence-corrected chi connectivity index (χ4v) is 1.19. The van der Waals surface area contributed by atoms with Gasteiger partial charge in [0, 0.05) is 18.5 Å². The lowest BCUT2D eigenvalue weighted by atomic mass is 10.3. The summed E-state index contributed by atoms with van der Waals surface area (Å²) in [6.07, 6.45) is 2.95. The van der Waals surface area contributed by atoms with Gasteiger partial charge in [-0.1, -0.05) is 0 Å². The Hall–Kier alpha value is -2.17. The third-order valence-corrected chi connectivity index (χ3v) is 1.96. The number of H-pyrrole nitrogens is 1. The Morgan fingerprint density at radius 1 is 1.44 bits per heavy atom. The molecule has 82 valence electrons. The van der Waals surface area contributed by atoms with E-state index < -0.39 is 5.82 Å². The molecule has 0 fully saturated rings. The van der Waals surface area contributed by atoms with Crippen LogP contribution in [0.1, 0.15) is 5.69 Å². The van der Waals surface area contributed by atoms with Crippen molar-refractivity contribution in [2.75, 3.05) is 0 Å². The van der Waals surface area contributed by atoms with E-state index in [4.69, 9.17) is 4.74 Å². The molecular weight excluding hydrogens is 211 g/mol. The summed E-state index contributed by atoms with van der Waals surface area (Å²) in [5.41, 5.74) is -0.0539. The van der Waals surface area contributed by atoms with Crippen LogP contribution in [0.3, 0.4) is 0 Å². The molecular formula is C11H9FN2O2. The number of halogens is 1. The zero-order valence-corrected chi connectivity index (χ0v) is 8.31. The quantitative estimate of drug-likeness (QED) is 0.852. The molecule has 0 atom stereocenters. The van der Waals surface area contributed by atoms with Crippen molar-refractivity contribution in [2.45, 2.75) is 6.61 Å². The summed E-state index contributed by atoms with van der Waals surface area (Å²) in [6.45, 7) is -0.00384. The summed E-state index contributed by atoms with van der Waals surface area (Å²) in [6, 6.07) is 5.69.